The first-order valence-electron chi connectivity index (χ1n) is 7.77. The number of pyridine rings is 1. The summed E-state index contributed by atoms with van der Waals surface area (Å²) in [4.78, 5) is 16.7. The molecule has 3 aromatic rings. The van der Waals surface area contributed by atoms with E-state index in [9.17, 15) is 4.79 Å². The number of carbonyl (C=O) groups is 1. The van der Waals surface area contributed by atoms with Crippen molar-refractivity contribution in [1.82, 2.24) is 25.2 Å². The highest BCUT2D eigenvalue weighted by molar-refractivity contribution is 7.99. The number of tetrazole rings is 1. The van der Waals surface area contributed by atoms with E-state index in [4.69, 9.17) is 0 Å². The predicted octanol–water partition coefficient (Wildman–Crippen LogP) is 2.60. The van der Waals surface area contributed by atoms with Gasteiger partial charge in [-0.1, -0.05) is 17.8 Å². The van der Waals surface area contributed by atoms with Crippen LogP contribution in [0.4, 0.5) is 5.69 Å². The molecular weight excluding hydrogens is 324 g/mol. The van der Waals surface area contributed by atoms with E-state index in [-0.39, 0.29) is 11.7 Å². The second kappa shape index (κ2) is 6.20. The van der Waals surface area contributed by atoms with Gasteiger partial charge in [0.25, 0.3) is 0 Å². The first-order valence-corrected chi connectivity index (χ1v) is 8.76. The van der Waals surface area contributed by atoms with E-state index in [2.05, 4.69) is 25.8 Å². The van der Waals surface area contributed by atoms with Crippen LogP contribution in [0.2, 0.25) is 0 Å². The van der Waals surface area contributed by atoms with Crippen molar-refractivity contribution in [3.8, 4) is 0 Å². The zero-order valence-corrected chi connectivity index (χ0v) is 14.0. The fourth-order valence-corrected chi connectivity index (χ4v) is 3.31. The summed E-state index contributed by atoms with van der Waals surface area (Å²) in [6.07, 6.45) is 3.97. The topological polar surface area (TPSA) is 85.6 Å². The van der Waals surface area contributed by atoms with Gasteiger partial charge in [0.1, 0.15) is 0 Å². The van der Waals surface area contributed by atoms with Crippen molar-refractivity contribution in [2.75, 3.05) is 11.1 Å². The van der Waals surface area contributed by atoms with Crippen LogP contribution in [0.3, 0.4) is 0 Å². The molecule has 1 N–H and O–H groups in total. The Balaban J connectivity index is 1.46. The molecule has 7 nitrogen and oxygen atoms in total. The number of hydrogen-bond donors (Lipinski definition) is 1. The lowest BCUT2D eigenvalue weighted by Gasteiger charge is -2.09. The van der Waals surface area contributed by atoms with Gasteiger partial charge in [-0.25, -0.2) is 4.68 Å². The van der Waals surface area contributed by atoms with E-state index in [1.165, 1.54) is 11.8 Å². The third kappa shape index (κ3) is 2.96. The molecule has 2 heterocycles. The van der Waals surface area contributed by atoms with Crippen molar-refractivity contribution in [3.05, 3.63) is 36.0 Å². The molecule has 8 heteroatoms. The van der Waals surface area contributed by atoms with E-state index < -0.39 is 0 Å². The van der Waals surface area contributed by atoms with Crippen molar-refractivity contribution in [2.45, 2.75) is 31.0 Å². The maximum absolute atomic E-state index is 12.3. The lowest BCUT2D eigenvalue weighted by Crippen LogP contribution is -2.15. The molecule has 1 aromatic carbocycles. The van der Waals surface area contributed by atoms with Gasteiger partial charge in [0.05, 0.1) is 23.0 Å². The minimum Gasteiger partial charge on any atom is -0.325 e. The minimum absolute atomic E-state index is 0.0839. The summed E-state index contributed by atoms with van der Waals surface area (Å²) < 4.78 is 1.81. The van der Waals surface area contributed by atoms with E-state index in [1.54, 1.807) is 6.20 Å². The molecule has 1 aliphatic carbocycles. The summed E-state index contributed by atoms with van der Waals surface area (Å²) in [5, 5.41) is 16.3. The van der Waals surface area contributed by atoms with E-state index >= 15 is 0 Å². The second-order valence-electron chi connectivity index (χ2n) is 5.80. The molecular formula is C16H16N6OS. The molecule has 1 saturated carbocycles. The number of benzene rings is 1. The van der Waals surface area contributed by atoms with Gasteiger partial charge in [-0.05, 0) is 54.0 Å². The number of hydrogen-bond acceptors (Lipinski definition) is 6. The average molecular weight is 340 g/mol. The Labute approximate surface area is 142 Å². The lowest BCUT2D eigenvalue weighted by atomic mass is 10.1. The highest BCUT2D eigenvalue weighted by Gasteiger charge is 2.28. The average Bonchev–Trinajstić information content (AvgIpc) is 3.34. The number of aryl methyl sites for hydroxylation is 1. The van der Waals surface area contributed by atoms with Crippen LogP contribution in [0, 0.1) is 6.92 Å². The summed E-state index contributed by atoms with van der Waals surface area (Å²) in [7, 11) is 0. The fourth-order valence-electron chi connectivity index (χ4n) is 2.57. The second-order valence-corrected chi connectivity index (χ2v) is 6.75. The SMILES string of the molecule is Cc1ccc(NC(=O)CSc2nnnn2C2CC2)c2cccnc12. The van der Waals surface area contributed by atoms with Gasteiger partial charge >= 0.3 is 0 Å². The highest BCUT2D eigenvalue weighted by Crippen LogP contribution is 2.36. The molecule has 0 spiro atoms. The summed E-state index contributed by atoms with van der Waals surface area (Å²) in [5.74, 6) is 0.183. The van der Waals surface area contributed by atoms with Crippen LogP contribution in [0.1, 0.15) is 24.4 Å². The van der Waals surface area contributed by atoms with Crippen LogP contribution in [0.15, 0.2) is 35.6 Å². The number of rotatable bonds is 5. The van der Waals surface area contributed by atoms with Crippen molar-refractivity contribution in [1.29, 1.82) is 0 Å². The van der Waals surface area contributed by atoms with Crippen LogP contribution in [0.5, 0.6) is 0 Å². The number of fused-ring (bicyclic) bond motifs is 1. The Morgan fingerprint density at radius 3 is 3.08 bits per heavy atom. The molecule has 0 saturated heterocycles. The zero-order valence-electron chi connectivity index (χ0n) is 13.1. The summed E-state index contributed by atoms with van der Waals surface area (Å²) in [6.45, 7) is 2.01. The van der Waals surface area contributed by atoms with Gasteiger partial charge < -0.3 is 5.32 Å². The van der Waals surface area contributed by atoms with E-state index in [1.807, 2.05) is 35.9 Å². The summed E-state index contributed by atoms with van der Waals surface area (Å²) in [6, 6.07) is 8.11. The monoisotopic (exact) mass is 340 g/mol. The predicted molar refractivity (Wildman–Crippen MR) is 91.9 cm³/mol. The maximum Gasteiger partial charge on any atom is 0.234 e. The Morgan fingerprint density at radius 1 is 1.38 bits per heavy atom. The van der Waals surface area contributed by atoms with Crippen LogP contribution >= 0.6 is 11.8 Å². The lowest BCUT2D eigenvalue weighted by molar-refractivity contribution is -0.113. The number of thioether (sulfide) groups is 1. The number of anilines is 1. The molecule has 24 heavy (non-hydrogen) atoms. The largest absolute Gasteiger partial charge is 0.325 e. The zero-order chi connectivity index (χ0) is 16.5. The Kier molecular flexibility index (Phi) is 3.89. The van der Waals surface area contributed by atoms with E-state index in [0.717, 1.165) is 35.0 Å². The molecule has 0 aliphatic heterocycles. The molecule has 1 amide bonds. The van der Waals surface area contributed by atoms with Crippen molar-refractivity contribution in [3.63, 3.8) is 0 Å². The highest BCUT2D eigenvalue weighted by atomic mass is 32.2. The minimum atomic E-state index is -0.0839. The fraction of sp³-hybridized carbons (Fsp3) is 0.312. The first kappa shape index (κ1) is 15.1. The van der Waals surface area contributed by atoms with Crippen LogP contribution in [-0.4, -0.2) is 36.9 Å². The summed E-state index contributed by atoms with van der Waals surface area (Å²) >= 11 is 1.36. The van der Waals surface area contributed by atoms with Crippen molar-refractivity contribution in [2.24, 2.45) is 0 Å². The molecule has 1 aliphatic rings. The Hall–Kier alpha value is -2.48. The van der Waals surface area contributed by atoms with Gasteiger partial charge in [-0.3, -0.25) is 9.78 Å². The van der Waals surface area contributed by atoms with Crippen molar-refractivity contribution >= 4 is 34.3 Å². The number of aromatic nitrogens is 5. The standard InChI is InChI=1S/C16H16N6OS/c1-10-4-7-13(12-3-2-8-17-15(10)12)18-14(23)9-24-16-19-20-21-22(16)11-5-6-11/h2-4,7-8,11H,5-6,9H2,1H3,(H,18,23). The third-order valence-electron chi connectivity index (χ3n) is 3.93. The molecule has 0 bridgehead atoms. The molecule has 0 unspecified atom stereocenters. The molecule has 0 atom stereocenters. The molecule has 4 rings (SSSR count). The third-order valence-corrected chi connectivity index (χ3v) is 4.87. The summed E-state index contributed by atoms with van der Waals surface area (Å²) in [5.41, 5.74) is 2.76. The number of amides is 1. The number of nitrogens with zero attached hydrogens (tertiary/aromatic N) is 5. The number of nitrogens with one attached hydrogen (secondary N) is 1. The molecule has 122 valence electrons. The van der Waals surface area contributed by atoms with Crippen LogP contribution in [-0.2, 0) is 4.79 Å². The smallest absolute Gasteiger partial charge is 0.234 e. The maximum atomic E-state index is 12.3. The van der Waals surface area contributed by atoms with Gasteiger partial charge in [-0.2, -0.15) is 0 Å². The van der Waals surface area contributed by atoms with Gasteiger partial charge in [0.15, 0.2) is 0 Å². The number of carbonyl (C=O) groups excluding carboxylic acids is 1. The van der Waals surface area contributed by atoms with Crippen molar-refractivity contribution < 1.29 is 4.79 Å². The normalized spacial score (nSPS) is 14.0. The van der Waals surface area contributed by atoms with Crippen LogP contribution in [0.25, 0.3) is 10.9 Å². The van der Waals surface area contributed by atoms with Gasteiger partial charge in [0.2, 0.25) is 11.1 Å². The molecule has 0 radical (unpaired) electrons. The van der Waals surface area contributed by atoms with Gasteiger partial charge in [0, 0.05) is 11.6 Å². The Bertz CT molecular complexity index is 904. The molecule has 1 fully saturated rings. The quantitative estimate of drug-likeness (QED) is 0.719. The van der Waals surface area contributed by atoms with E-state index in [0.29, 0.717) is 11.2 Å². The van der Waals surface area contributed by atoms with Crippen LogP contribution < -0.4 is 5.32 Å². The Morgan fingerprint density at radius 2 is 2.25 bits per heavy atom. The molecule has 2 aromatic heterocycles. The van der Waals surface area contributed by atoms with Gasteiger partial charge in [-0.15, -0.1) is 5.10 Å². The first-order chi connectivity index (χ1) is 11.7.